The number of alkyl halides is 2. The first kappa shape index (κ1) is 18.0. The Morgan fingerprint density at radius 3 is 2.46 bits per heavy atom. The quantitative estimate of drug-likeness (QED) is 0.404. The number of thioether (sulfide) groups is 1. The van der Waals surface area contributed by atoms with Crippen LogP contribution in [0.2, 0.25) is 0 Å². The van der Waals surface area contributed by atoms with Crippen LogP contribution in [0, 0.1) is 0 Å². The molecule has 0 N–H and O–H groups in total. The van der Waals surface area contributed by atoms with E-state index < -0.39 is 5.76 Å². The number of rotatable bonds is 7. The maximum Gasteiger partial charge on any atom is 0.289 e. The minimum Gasteiger partial charge on any atom is -0.496 e. The molecular weight excluding hydrogens is 334 g/mol. The van der Waals surface area contributed by atoms with E-state index in [0.29, 0.717) is 23.1 Å². The van der Waals surface area contributed by atoms with Crippen molar-refractivity contribution in [2.24, 2.45) is 0 Å². The van der Waals surface area contributed by atoms with Crippen LogP contribution in [-0.2, 0) is 0 Å². The van der Waals surface area contributed by atoms with Gasteiger partial charge >= 0.3 is 0 Å². The van der Waals surface area contributed by atoms with E-state index in [1.807, 2.05) is 18.2 Å². The summed E-state index contributed by atoms with van der Waals surface area (Å²) < 4.78 is 35.3. The molecule has 3 nitrogen and oxygen atoms in total. The number of carbonyl (C=O) groups is 1. The molecule has 0 atom stereocenters. The predicted molar refractivity (Wildman–Crippen MR) is 91.2 cm³/mol. The molecule has 0 aliphatic rings. The number of benzene rings is 2. The van der Waals surface area contributed by atoms with Crippen molar-refractivity contribution in [1.82, 2.24) is 0 Å². The zero-order valence-electron chi connectivity index (χ0n) is 13.2. The van der Waals surface area contributed by atoms with Gasteiger partial charge in [-0.1, -0.05) is 30.0 Å². The number of ether oxygens (including phenoxy) is 2. The van der Waals surface area contributed by atoms with E-state index in [4.69, 9.17) is 9.47 Å². The number of methoxy groups -OCH3 is 2. The van der Waals surface area contributed by atoms with E-state index in [1.54, 1.807) is 19.3 Å². The number of carbonyl (C=O) groups excluding carboxylic acids is 1. The van der Waals surface area contributed by atoms with Crippen molar-refractivity contribution in [2.45, 2.75) is 10.7 Å². The van der Waals surface area contributed by atoms with E-state index in [0.717, 1.165) is 5.56 Å². The molecule has 126 valence electrons. The molecule has 0 fully saturated rings. The van der Waals surface area contributed by atoms with Crippen molar-refractivity contribution in [3.8, 4) is 11.5 Å². The summed E-state index contributed by atoms with van der Waals surface area (Å²) in [4.78, 5) is 12.6. The van der Waals surface area contributed by atoms with Crippen molar-refractivity contribution in [3.63, 3.8) is 0 Å². The Morgan fingerprint density at radius 2 is 1.79 bits per heavy atom. The van der Waals surface area contributed by atoms with Crippen LogP contribution in [0.4, 0.5) is 8.78 Å². The van der Waals surface area contributed by atoms with Crippen LogP contribution in [0.25, 0.3) is 6.08 Å². The van der Waals surface area contributed by atoms with E-state index in [-0.39, 0.29) is 16.4 Å². The fourth-order valence-electron chi connectivity index (χ4n) is 2.08. The first-order valence-corrected chi connectivity index (χ1v) is 7.91. The molecule has 0 heterocycles. The van der Waals surface area contributed by atoms with Crippen molar-refractivity contribution < 1.29 is 23.0 Å². The monoisotopic (exact) mass is 350 g/mol. The Kier molecular flexibility index (Phi) is 6.37. The minimum atomic E-state index is -2.55. The third-order valence-electron chi connectivity index (χ3n) is 3.22. The van der Waals surface area contributed by atoms with Crippen LogP contribution < -0.4 is 9.47 Å². The number of hydrogen-bond donors (Lipinski definition) is 0. The molecule has 2 rings (SSSR count). The van der Waals surface area contributed by atoms with Gasteiger partial charge in [-0.25, -0.2) is 0 Å². The molecule has 24 heavy (non-hydrogen) atoms. The summed E-state index contributed by atoms with van der Waals surface area (Å²) in [7, 11) is 2.93. The van der Waals surface area contributed by atoms with Gasteiger partial charge in [0.25, 0.3) is 5.76 Å². The van der Waals surface area contributed by atoms with Gasteiger partial charge in [-0.2, -0.15) is 8.78 Å². The van der Waals surface area contributed by atoms with Gasteiger partial charge in [0.2, 0.25) is 0 Å². The standard InChI is InChI=1S/C18H16F2O3S/c1-22-15-6-4-3-5-12(15)7-9-14(21)13-8-10-17(24-18(19)20)16(11-13)23-2/h3-11,18H,1-2H3. The maximum absolute atomic E-state index is 12.5. The second-order valence-corrected chi connectivity index (χ2v) is 5.72. The first-order chi connectivity index (χ1) is 11.5. The molecule has 0 saturated heterocycles. The Bertz CT molecular complexity index is 745. The van der Waals surface area contributed by atoms with E-state index >= 15 is 0 Å². The first-order valence-electron chi connectivity index (χ1n) is 7.03. The largest absolute Gasteiger partial charge is 0.496 e. The summed E-state index contributed by atoms with van der Waals surface area (Å²) in [5.41, 5.74) is 1.13. The van der Waals surface area contributed by atoms with Crippen molar-refractivity contribution in [1.29, 1.82) is 0 Å². The molecule has 0 aromatic heterocycles. The molecule has 2 aromatic rings. The smallest absolute Gasteiger partial charge is 0.289 e. The lowest BCUT2D eigenvalue weighted by molar-refractivity contribution is 0.104. The number of allylic oxidation sites excluding steroid dienone is 1. The Hall–Kier alpha value is -2.34. The van der Waals surface area contributed by atoms with Crippen LogP contribution in [0.5, 0.6) is 11.5 Å². The second-order valence-electron chi connectivity index (χ2n) is 4.68. The highest BCUT2D eigenvalue weighted by Gasteiger charge is 2.13. The van der Waals surface area contributed by atoms with Gasteiger partial charge in [0.15, 0.2) is 5.78 Å². The molecule has 0 saturated carbocycles. The lowest BCUT2D eigenvalue weighted by Gasteiger charge is -2.09. The van der Waals surface area contributed by atoms with Gasteiger partial charge in [-0.3, -0.25) is 4.79 Å². The number of para-hydroxylation sites is 1. The summed E-state index contributed by atoms with van der Waals surface area (Å²) in [5.74, 6) is -1.90. The fourth-order valence-corrected chi connectivity index (χ4v) is 2.68. The Labute approximate surface area is 143 Å². The Balaban J connectivity index is 2.22. The highest BCUT2D eigenvalue weighted by atomic mass is 32.2. The fraction of sp³-hybridized carbons (Fsp3) is 0.167. The topological polar surface area (TPSA) is 35.5 Å². The van der Waals surface area contributed by atoms with E-state index in [9.17, 15) is 13.6 Å². The van der Waals surface area contributed by atoms with Crippen molar-refractivity contribution >= 4 is 23.6 Å². The van der Waals surface area contributed by atoms with Gasteiger partial charge in [0.05, 0.1) is 19.1 Å². The molecule has 0 unspecified atom stereocenters. The number of ketones is 1. The molecule has 0 amide bonds. The molecule has 2 aromatic carbocycles. The van der Waals surface area contributed by atoms with Crippen LogP contribution in [0.3, 0.4) is 0 Å². The van der Waals surface area contributed by atoms with Gasteiger partial charge in [0, 0.05) is 11.1 Å². The molecule has 6 heteroatoms. The molecule has 0 radical (unpaired) electrons. The second kappa shape index (κ2) is 8.49. The summed E-state index contributed by atoms with van der Waals surface area (Å²) in [6, 6.07) is 11.7. The van der Waals surface area contributed by atoms with Crippen LogP contribution >= 0.6 is 11.8 Å². The number of hydrogen-bond acceptors (Lipinski definition) is 4. The molecular formula is C18H16F2O3S. The van der Waals surface area contributed by atoms with Crippen molar-refractivity contribution in [2.75, 3.05) is 14.2 Å². The van der Waals surface area contributed by atoms with Crippen molar-refractivity contribution in [3.05, 3.63) is 59.7 Å². The normalized spacial score (nSPS) is 11.0. The summed E-state index contributed by atoms with van der Waals surface area (Å²) in [6.45, 7) is 0. The summed E-state index contributed by atoms with van der Waals surface area (Å²) >= 11 is 0.381. The molecule has 0 aliphatic carbocycles. The lowest BCUT2D eigenvalue weighted by Crippen LogP contribution is -1.97. The third-order valence-corrected chi connectivity index (χ3v) is 3.99. The highest BCUT2D eigenvalue weighted by molar-refractivity contribution is 7.99. The average molecular weight is 350 g/mol. The van der Waals surface area contributed by atoms with E-state index in [2.05, 4.69) is 0 Å². The van der Waals surface area contributed by atoms with Crippen LogP contribution in [0.1, 0.15) is 15.9 Å². The highest BCUT2D eigenvalue weighted by Crippen LogP contribution is 2.34. The molecule has 0 bridgehead atoms. The summed E-state index contributed by atoms with van der Waals surface area (Å²) in [5, 5.41) is 0. The Morgan fingerprint density at radius 1 is 1.08 bits per heavy atom. The van der Waals surface area contributed by atoms with E-state index in [1.165, 1.54) is 31.4 Å². The predicted octanol–water partition coefficient (Wildman–Crippen LogP) is 4.91. The van der Waals surface area contributed by atoms with Gasteiger partial charge < -0.3 is 9.47 Å². The zero-order valence-corrected chi connectivity index (χ0v) is 14.0. The van der Waals surface area contributed by atoms with Crippen LogP contribution in [-0.4, -0.2) is 25.8 Å². The molecule has 0 spiro atoms. The van der Waals surface area contributed by atoms with Gasteiger partial charge in [-0.05, 0) is 36.4 Å². The zero-order chi connectivity index (χ0) is 17.5. The third kappa shape index (κ3) is 4.58. The minimum absolute atomic E-state index is 0.247. The maximum atomic E-state index is 12.5. The van der Waals surface area contributed by atoms with Gasteiger partial charge in [0.1, 0.15) is 11.5 Å². The summed E-state index contributed by atoms with van der Waals surface area (Å²) in [6.07, 6.45) is 3.06. The van der Waals surface area contributed by atoms with Crippen LogP contribution in [0.15, 0.2) is 53.4 Å². The molecule has 0 aliphatic heterocycles. The van der Waals surface area contributed by atoms with Gasteiger partial charge in [-0.15, -0.1) is 0 Å². The number of halogens is 2. The lowest BCUT2D eigenvalue weighted by atomic mass is 10.1. The SMILES string of the molecule is COc1ccccc1C=CC(=O)c1ccc(SC(F)F)c(OC)c1. The average Bonchev–Trinajstić information content (AvgIpc) is 2.59.